The summed E-state index contributed by atoms with van der Waals surface area (Å²) in [5, 5.41) is 8.20. The van der Waals surface area contributed by atoms with Crippen molar-refractivity contribution < 1.29 is 10.0 Å². The monoisotopic (exact) mass is 177 g/mol. The predicted molar refractivity (Wildman–Crippen MR) is 50.0 cm³/mol. The van der Waals surface area contributed by atoms with Gasteiger partial charge in [-0.2, -0.15) is 0 Å². The molecule has 3 heteroatoms. The molecule has 0 atom stereocenters. The van der Waals surface area contributed by atoms with E-state index in [0.717, 1.165) is 5.56 Å². The van der Waals surface area contributed by atoms with Crippen LogP contribution in [-0.4, -0.2) is 11.1 Å². The quantitative estimate of drug-likeness (QED) is 0.544. The summed E-state index contributed by atoms with van der Waals surface area (Å²) in [4.78, 5) is 10.6. The maximum Gasteiger partial charge on any atom is 0.247 e. The molecule has 0 saturated carbocycles. The molecule has 2 N–H and O–H groups in total. The first-order chi connectivity index (χ1) is 6.33. The third-order valence-electron chi connectivity index (χ3n) is 1.54. The summed E-state index contributed by atoms with van der Waals surface area (Å²) in [5.41, 5.74) is 2.60. The van der Waals surface area contributed by atoms with E-state index in [4.69, 9.17) is 5.21 Å². The van der Waals surface area contributed by atoms with Crippen molar-refractivity contribution in [2.75, 3.05) is 0 Å². The number of hydrogen-bond acceptors (Lipinski definition) is 2. The predicted octanol–water partition coefficient (Wildman–Crippen LogP) is 1.60. The summed E-state index contributed by atoms with van der Waals surface area (Å²) in [5.74, 6) is -0.410. The van der Waals surface area contributed by atoms with Crippen LogP contribution in [0.3, 0.4) is 0 Å². The van der Waals surface area contributed by atoms with E-state index in [-0.39, 0.29) is 6.42 Å². The van der Waals surface area contributed by atoms with Gasteiger partial charge in [-0.15, -0.1) is 0 Å². The number of amides is 1. The van der Waals surface area contributed by atoms with E-state index in [2.05, 4.69) is 0 Å². The second-order valence-electron chi connectivity index (χ2n) is 2.55. The molecule has 1 aromatic carbocycles. The number of hydroxylamine groups is 1. The van der Waals surface area contributed by atoms with Crippen LogP contribution in [0.4, 0.5) is 0 Å². The molecule has 0 unspecified atom stereocenters. The van der Waals surface area contributed by atoms with Gasteiger partial charge in [0.15, 0.2) is 0 Å². The van der Waals surface area contributed by atoms with Crippen molar-refractivity contribution >= 4 is 12.0 Å². The number of benzene rings is 1. The Kier molecular flexibility index (Phi) is 3.73. The first-order valence-corrected chi connectivity index (χ1v) is 3.97. The molecule has 0 spiro atoms. The van der Waals surface area contributed by atoms with Crippen LogP contribution < -0.4 is 5.48 Å². The van der Waals surface area contributed by atoms with E-state index in [1.54, 1.807) is 11.6 Å². The average Bonchev–Trinajstić information content (AvgIpc) is 2.19. The van der Waals surface area contributed by atoms with Crippen LogP contribution >= 0.6 is 0 Å². The molecule has 0 aliphatic heterocycles. The lowest BCUT2D eigenvalue weighted by atomic mass is 10.2. The van der Waals surface area contributed by atoms with E-state index < -0.39 is 5.91 Å². The molecule has 3 nitrogen and oxygen atoms in total. The van der Waals surface area contributed by atoms with Crippen LogP contribution in [0.1, 0.15) is 12.0 Å². The molecular formula is C10H11NO2. The SMILES string of the molecule is O=C(CC=Cc1ccccc1)NO. The Hall–Kier alpha value is -1.61. The normalized spacial score (nSPS) is 10.2. The maximum atomic E-state index is 10.6. The van der Waals surface area contributed by atoms with E-state index in [1.807, 2.05) is 36.4 Å². The summed E-state index contributed by atoms with van der Waals surface area (Å²) in [6, 6.07) is 9.65. The van der Waals surface area contributed by atoms with E-state index in [9.17, 15) is 4.79 Å². The molecule has 0 aromatic heterocycles. The van der Waals surface area contributed by atoms with Gasteiger partial charge in [-0.05, 0) is 5.56 Å². The highest BCUT2D eigenvalue weighted by Gasteiger charge is 1.92. The van der Waals surface area contributed by atoms with Crippen LogP contribution in [0.25, 0.3) is 6.08 Å². The van der Waals surface area contributed by atoms with Gasteiger partial charge in [-0.1, -0.05) is 42.5 Å². The minimum Gasteiger partial charge on any atom is -0.289 e. The largest absolute Gasteiger partial charge is 0.289 e. The molecule has 0 saturated heterocycles. The molecule has 68 valence electrons. The summed E-state index contributed by atoms with van der Waals surface area (Å²) >= 11 is 0. The number of carbonyl (C=O) groups is 1. The highest BCUT2D eigenvalue weighted by atomic mass is 16.5. The highest BCUT2D eigenvalue weighted by molar-refractivity contribution is 5.77. The van der Waals surface area contributed by atoms with Gasteiger partial charge in [0, 0.05) is 6.42 Å². The van der Waals surface area contributed by atoms with Crippen LogP contribution in [0.2, 0.25) is 0 Å². The van der Waals surface area contributed by atoms with Crippen molar-refractivity contribution in [3.8, 4) is 0 Å². The molecular weight excluding hydrogens is 166 g/mol. The molecule has 13 heavy (non-hydrogen) atoms. The van der Waals surface area contributed by atoms with Gasteiger partial charge in [0.05, 0.1) is 0 Å². The zero-order valence-corrected chi connectivity index (χ0v) is 7.10. The number of hydrogen-bond donors (Lipinski definition) is 2. The molecule has 0 aliphatic rings. The maximum absolute atomic E-state index is 10.6. The van der Waals surface area contributed by atoms with Gasteiger partial charge in [0.2, 0.25) is 5.91 Å². The molecule has 0 fully saturated rings. The number of rotatable bonds is 3. The topological polar surface area (TPSA) is 49.3 Å². The van der Waals surface area contributed by atoms with Crippen LogP contribution in [-0.2, 0) is 4.79 Å². The zero-order chi connectivity index (χ0) is 9.52. The lowest BCUT2D eigenvalue weighted by Crippen LogP contribution is -2.16. The summed E-state index contributed by atoms with van der Waals surface area (Å²) in [7, 11) is 0. The Labute approximate surface area is 76.7 Å². The van der Waals surface area contributed by atoms with Gasteiger partial charge in [-0.3, -0.25) is 10.0 Å². The molecule has 0 heterocycles. The molecule has 1 aromatic rings. The van der Waals surface area contributed by atoms with Crippen molar-refractivity contribution in [3.05, 3.63) is 42.0 Å². The van der Waals surface area contributed by atoms with Crippen LogP contribution in [0.15, 0.2) is 36.4 Å². The van der Waals surface area contributed by atoms with Gasteiger partial charge in [0.1, 0.15) is 0 Å². The van der Waals surface area contributed by atoms with Gasteiger partial charge in [-0.25, -0.2) is 5.48 Å². The van der Waals surface area contributed by atoms with E-state index in [0.29, 0.717) is 0 Å². The summed E-state index contributed by atoms with van der Waals surface area (Å²) in [6.07, 6.45) is 3.71. The van der Waals surface area contributed by atoms with Crippen molar-refractivity contribution in [3.63, 3.8) is 0 Å². The number of carbonyl (C=O) groups excluding carboxylic acids is 1. The van der Waals surface area contributed by atoms with Crippen molar-refractivity contribution in [2.45, 2.75) is 6.42 Å². The second-order valence-corrected chi connectivity index (χ2v) is 2.55. The molecule has 0 bridgehead atoms. The molecule has 1 rings (SSSR count). The van der Waals surface area contributed by atoms with Crippen molar-refractivity contribution in [2.24, 2.45) is 0 Å². The number of nitrogens with one attached hydrogen (secondary N) is 1. The Bertz CT molecular complexity index is 293. The third-order valence-corrected chi connectivity index (χ3v) is 1.54. The minimum absolute atomic E-state index is 0.186. The molecule has 1 amide bonds. The standard InChI is InChI=1S/C10H11NO2/c12-10(11-13)8-4-7-9-5-2-1-3-6-9/h1-7,13H,8H2,(H,11,12). The Morgan fingerprint density at radius 3 is 2.69 bits per heavy atom. The molecule has 0 aliphatic carbocycles. The second kappa shape index (κ2) is 5.11. The highest BCUT2D eigenvalue weighted by Crippen LogP contribution is 2.01. The lowest BCUT2D eigenvalue weighted by molar-refractivity contribution is -0.128. The first kappa shape index (κ1) is 9.48. The average molecular weight is 177 g/mol. The van der Waals surface area contributed by atoms with E-state index in [1.165, 1.54) is 0 Å². The Morgan fingerprint density at radius 1 is 1.38 bits per heavy atom. The van der Waals surface area contributed by atoms with Gasteiger partial charge < -0.3 is 0 Å². The fraction of sp³-hybridized carbons (Fsp3) is 0.100. The minimum atomic E-state index is -0.410. The third kappa shape index (κ3) is 3.53. The van der Waals surface area contributed by atoms with Gasteiger partial charge >= 0.3 is 0 Å². The first-order valence-electron chi connectivity index (χ1n) is 3.97. The fourth-order valence-electron chi connectivity index (χ4n) is 0.912. The summed E-state index contributed by atoms with van der Waals surface area (Å²) < 4.78 is 0. The Balaban J connectivity index is 2.45. The summed E-state index contributed by atoms with van der Waals surface area (Å²) in [6.45, 7) is 0. The van der Waals surface area contributed by atoms with Crippen LogP contribution in [0.5, 0.6) is 0 Å². The Morgan fingerprint density at radius 2 is 2.08 bits per heavy atom. The van der Waals surface area contributed by atoms with Crippen molar-refractivity contribution in [1.82, 2.24) is 5.48 Å². The van der Waals surface area contributed by atoms with E-state index >= 15 is 0 Å². The van der Waals surface area contributed by atoms with Crippen molar-refractivity contribution in [1.29, 1.82) is 0 Å². The fourth-order valence-corrected chi connectivity index (χ4v) is 0.912. The smallest absolute Gasteiger partial charge is 0.247 e. The van der Waals surface area contributed by atoms with Crippen LogP contribution in [0, 0.1) is 0 Å². The lowest BCUT2D eigenvalue weighted by Gasteiger charge is -1.92. The van der Waals surface area contributed by atoms with Gasteiger partial charge in [0.25, 0.3) is 0 Å². The zero-order valence-electron chi connectivity index (χ0n) is 7.10. The molecule has 0 radical (unpaired) electrons.